The summed E-state index contributed by atoms with van der Waals surface area (Å²) in [5.74, 6) is -0.493. The van der Waals surface area contributed by atoms with Crippen LogP contribution in [0.2, 0.25) is 0 Å². The molecule has 0 fully saturated rings. The molecule has 136 valence electrons. The van der Waals surface area contributed by atoms with Crippen LogP contribution in [0.15, 0.2) is 24.3 Å². The molecule has 1 N–H and O–H groups in total. The topological polar surface area (TPSA) is 76.4 Å². The molecule has 0 heterocycles. The maximum atomic E-state index is 12.5. The minimum atomic E-state index is -0.709. The summed E-state index contributed by atoms with van der Waals surface area (Å²) >= 11 is 0. The van der Waals surface area contributed by atoms with Crippen molar-refractivity contribution in [3.05, 3.63) is 29.8 Å². The van der Waals surface area contributed by atoms with E-state index in [0.717, 1.165) is 23.7 Å². The highest BCUT2D eigenvalue weighted by molar-refractivity contribution is 5.98. The first-order chi connectivity index (χ1) is 11.8. The van der Waals surface area contributed by atoms with Crippen LogP contribution in [-0.4, -0.2) is 42.9 Å². The Labute approximate surface area is 150 Å². The SMILES string of the molecule is CCN(CC)c1ccc(C(=O)NC(CC(C)C)C(=O)N(C)C#N)cc1. The van der Waals surface area contributed by atoms with E-state index in [4.69, 9.17) is 5.26 Å². The number of carbonyl (C=O) groups excluding carboxylic acids is 2. The summed E-state index contributed by atoms with van der Waals surface area (Å²) in [6.07, 6.45) is 2.27. The predicted octanol–water partition coefficient (Wildman–Crippen LogP) is 2.62. The Morgan fingerprint density at radius 3 is 2.16 bits per heavy atom. The molecule has 1 atom stereocenters. The molecule has 0 aliphatic rings. The van der Waals surface area contributed by atoms with E-state index in [1.165, 1.54) is 7.05 Å². The quantitative estimate of drug-likeness (QED) is 0.581. The average molecular weight is 344 g/mol. The van der Waals surface area contributed by atoms with Crippen LogP contribution in [0.3, 0.4) is 0 Å². The lowest BCUT2D eigenvalue weighted by Gasteiger charge is -2.23. The van der Waals surface area contributed by atoms with Gasteiger partial charge >= 0.3 is 0 Å². The van der Waals surface area contributed by atoms with E-state index in [9.17, 15) is 9.59 Å². The van der Waals surface area contributed by atoms with Gasteiger partial charge in [-0.05, 0) is 50.5 Å². The highest BCUT2D eigenvalue weighted by Crippen LogP contribution is 2.15. The van der Waals surface area contributed by atoms with Gasteiger partial charge in [0.1, 0.15) is 6.04 Å². The molecule has 25 heavy (non-hydrogen) atoms. The third-order valence-corrected chi connectivity index (χ3v) is 4.05. The van der Waals surface area contributed by atoms with Crippen LogP contribution >= 0.6 is 0 Å². The fourth-order valence-electron chi connectivity index (χ4n) is 2.63. The zero-order valence-electron chi connectivity index (χ0n) is 15.7. The van der Waals surface area contributed by atoms with Crippen molar-refractivity contribution < 1.29 is 9.59 Å². The average Bonchev–Trinajstić information content (AvgIpc) is 2.61. The van der Waals surface area contributed by atoms with Gasteiger partial charge in [-0.1, -0.05) is 13.8 Å². The summed E-state index contributed by atoms with van der Waals surface area (Å²) in [6, 6.07) is 6.62. The summed E-state index contributed by atoms with van der Waals surface area (Å²) < 4.78 is 0. The Hall–Kier alpha value is -2.55. The second kappa shape index (κ2) is 9.67. The molecular weight excluding hydrogens is 316 g/mol. The van der Waals surface area contributed by atoms with Crippen LogP contribution in [0.1, 0.15) is 44.5 Å². The van der Waals surface area contributed by atoms with Crippen LogP contribution in [0.25, 0.3) is 0 Å². The van der Waals surface area contributed by atoms with Crippen molar-refractivity contribution in [3.8, 4) is 6.19 Å². The summed E-state index contributed by atoms with van der Waals surface area (Å²) in [5.41, 5.74) is 1.55. The number of hydrogen-bond acceptors (Lipinski definition) is 4. The number of benzene rings is 1. The molecule has 1 aromatic carbocycles. The molecule has 0 radical (unpaired) electrons. The van der Waals surface area contributed by atoms with Crippen molar-refractivity contribution in [2.75, 3.05) is 25.0 Å². The number of amides is 2. The van der Waals surface area contributed by atoms with Crippen LogP contribution in [0.4, 0.5) is 5.69 Å². The first-order valence-electron chi connectivity index (χ1n) is 8.67. The number of likely N-dealkylation sites (N-methyl/N-ethyl adjacent to an activating group) is 1. The number of nitriles is 1. The number of nitrogens with one attached hydrogen (secondary N) is 1. The van der Waals surface area contributed by atoms with Gasteiger partial charge in [-0.15, -0.1) is 0 Å². The van der Waals surface area contributed by atoms with Gasteiger partial charge in [0.05, 0.1) is 0 Å². The van der Waals surface area contributed by atoms with Crippen molar-refractivity contribution >= 4 is 17.5 Å². The number of nitrogens with zero attached hydrogens (tertiary/aromatic N) is 3. The van der Waals surface area contributed by atoms with Gasteiger partial charge in [-0.25, -0.2) is 0 Å². The Bertz CT molecular complexity index is 615. The Morgan fingerprint density at radius 2 is 1.72 bits per heavy atom. The van der Waals surface area contributed by atoms with E-state index in [1.54, 1.807) is 18.3 Å². The molecule has 0 saturated heterocycles. The van der Waals surface area contributed by atoms with Crippen LogP contribution in [0.5, 0.6) is 0 Å². The number of anilines is 1. The van der Waals surface area contributed by atoms with Gasteiger partial charge in [-0.2, -0.15) is 5.26 Å². The molecule has 6 heteroatoms. The largest absolute Gasteiger partial charge is 0.372 e. The minimum absolute atomic E-state index is 0.214. The van der Waals surface area contributed by atoms with Crippen LogP contribution in [0, 0.1) is 17.4 Å². The third kappa shape index (κ3) is 5.79. The fraction of sp³-hybridized carbons (Fsp3) is 0.526. The van der Waals surface area contributed by atoms with Crippen molar-refractivity contribution in [2.45, 2.75) is 40.2 Å². The zero-order chi connectivity index (χ0) is 19.0. The van der Waals surface area contributed by atoms with Gasteiger partial charge in [0.25, 0.3) is 11.8 Å². The minimum Gasteiger partial charge on any atom is -0.372 e. The van der Waals surface area contributed by atoms with Gasteiger partial charge in [0, 0.05) is 31.4 Å². The third-order valence-electron chi connectivity index (χ3n) is 4.05. The van der Waals surface area contributed by atoms with Gasteiger partial charge < -0.3 is 10.2 Å². The van der Waals surface area contributed by atoms with Gasteiger partial charge in [0.15, 0.2) is 6.19 Å². The highest BCUT2D eigenvalue weighted by atomic mass is 16.2. The van der Waals surface area contributed by atoms with Crippen molar-refractivity contribution in [1.82, 2.24) is 10.2 Å². The smallest absolute Gasteiger partial charge is 0.257 e. The van der Waals surface area contributed by atoms with Gasteiger partial charge in [-0.3, -0.25) is 14.5 Å². The normalized spacial score (nSPS) is 11.6. The van der Waals surface area contributed by atoms with E-state index in [1.807, 2.05) is 26.0 Å². The Kier molecular flexibility index (Phi) is 7.93. The number of carbonyl (C=O) groups is 2. The molecule has 6 nitrogen and oxygen atoms in total. The van der Waals surface area contributed by atoms with E-state index in [2.05, 4.69) is 24.1 Å². The second-order valence-electron chi connectivity index (χ2n) is 6.37. The molecule has 1 unspecified atom stereocenters. The first-order valence-corrected chi connectivity index (χ1v) is 8.67. The van der Waals surface area contributed by atoms with E-state index < -0.39 is 11.9 Å². The number of hydrogen-bond donors (Lipinski definition) is 1. The van der Waals surface area contributed by atoms with E-state index in [-0.39, 0.29) is 11.8 Å². The van der Waals surface area contributed by atoms with Crippen molar-refractivity contribution in [2.24, 2.45) is 5.92 Å². The molecule has 2 amide bonds. The monoisotopic (exact) mass is 344 g/mol. The van der Waals surface area contributed by atoms with Crippen LogP contribution in [-0.2, 0) is 4.79 Å². The Balaban J connectivity index is 2.89. The fourth-order valence-corrected chi connectivity index (χ4v) is 2.63. The molecule has 1 aromatic rings. The van der Waals surface area contributed by atoms with Crippen LogP contribution < -0.4 is 10.2 Å². The lowest BCUT2D eigenvalue weighted by molar-refractivity contribution is -0.129. The lowest BCUT2D eigenvalue weighted by Crippen LogP contribution is -2.46. The standard InChI is InChI=1S/C19H28N4O2/c1-6-23(7-2)16-10-8-15(9-11-16)18(24)21-17(12-14(3)4)19(25)22(5)13-20/h8-11,14,17H,6-7,12H2,1-5H3,(H,21,24). The summed E-state index contributed by atoms with van der Waals surface area (Å²) in [7, 11) is 1.40. The highest BCUT2D eigenvalue weighted by Gasteiger charge is 2.25. The summed E-state index contributed by atoms with van der Waals surface area (Å²) in [6.45, 7) is 9.90. The zero-order valence-corrected chi connectivity index (χ0v) is 15.7. The van der Waals surface area contributed by atoms with Crippen molar-refractivity contribution in [1.29, 1.82) is 5.26 Å². The first kappa shape index (κ1) is 20.5. The maximum Gasteiger partial charge on any atom is 0.257 e. The van der Waals surface area contributed by atoms with E-state index in [0.29, 0.717) is 12.0 Å². The second-order valence-corrected chi connectivity index (χ2v) is 6.37. The molecule has 0 bridgehead atoms. The van der Waals surface area contributed by atoms with Gasteiger partial charge in [0.2, 0.25) is 0 Å². The molecule has 0 aliphatic carbocycles. The molecule has 0 aromatic heterocycles. The number of rotatable bonds is 8. The molecule has 0 saturated carbocycles. The summed E-state index contributed by atoms with van der Waals surface area (Å²) in [4.78, 5) is 27.9. The lowest BCUT2D eigenvalue weighted by atomic mass is 10.0. The maximum absolute atomic E-state index is 12.5. The molecule has 0 aliphatic heterocycles. The summed E-state index contributed by atoms with van der Waals surface area (Å²) in [5, 5.41) is 11.7. The van der Waals surface area contributed by atoms with E-state index >= 15 is 0 Å². The molecule has 0 spiro atoms. The molecule has 1 rings (SSSR count). The van der Waals surface area contributed by atoms with Crippen molar-refractivity contribution in [3.63, 3.8) is 0 Å². The molecular formula is C19H28N4O2. The Morgan fingerprint density at radius 1 is 1.16 bits per heavy atom. The predicted molar refractivity (Wildman–Crippen MR) is 99.1 cm³/mol.